The summed E-state index contributed by atoms with van der Waals surface area (Å²) in [5.74, 6) is -0.370. The van der Waals surface area contributed by atoms with E-state index in [1.54, 1.807) is 36.0 Å². The highest BCUT2D eigenvalue weighted by atomic mass is 35.5. The van der Waals surface area contributed by atoms with Gasteiger partial charge in [-0.15, -0.1) is 0 Å². The van der Waals surface area contributed by atoms with Crippen molar-refractivity contribution in [1.82, 2.24) is 14.1 Å². The molecule has 3 rings (SSSR count). The summed E-state index contributed by atoms with van der Waals surface area (Å²) < 4.78 is 29.1. The molecule has 2 aromatic rings. The summed E-state index contributed by atoms with van der Waals surface area (Å²) in [6, 6.07) is 4.98. The van der Waals surface area contributed by atoms with Gasteiger partial charge in [0.2, 0.25) is 15.9 Å². The summed E-state index contributed by atoms with van der Waals surface area (Å²) in [6.45, 7) is 7.92. The van der Waals surface area contributed by atoms with E-state index in [4.69, 9.17) is 11.6 Å². The van der Waals surface area contributed by atoms with Crippen molar-refractivity contribution in [2.24, 2.45) is 7.05 Å². The SMILES string of the molecule is CCN(CC)S(=O)(=O)c1ccc(N2CCCCC2)c(NC(=O)/C=C/c2c(C)nn(C)c2Cl)c1. The number of hydrogen-bond acceptors (Lipinski definition) is 5. The van der Waals surface area contributed by atoms with Gasteiger partial charge in [0.25, 0.3) is 0 Å². The van der Waals surface area contributed by atoms with E-state index >= 15 is 0 Å². The molecular weight excluding hydrogens is 462 g/mol. The molecule has 0 atom stereocenters. The van der Waals surface area contributed by atoms with E-state index in [9.17, 15) is 13.2 Å². The quantitative estimate of drug-likeness (QED) is 0.560. The Morgan fingerprint density at radius 2 is 1.88 bits per heavy atom. The van der Waals surface area contributed by atoms with E-state index in [0.29, 0.717) is 35.2 Å². The minimum absolute atomic E-state index is 0.164. The van der Waals surface area contributed by atoms with Crippen molar-refractivity contribution in [3.8, 4) is 0 Å². The molecule has 1 aliphatic rings. The van der Waals surface area contributed by atoms with Crippen molar-refractivity contribution in [1.29, 1.82) is 0 Å². The summed E-state index contributed by atoms with van der Waals surface area (Å²) in [7, 11) is -1.92. The number of rotatable bonds is 8. The van der Waals surface area contributed by atoms with Crippen LogP contribution >= 0.6 is 11.6 Å². The van der Waals surface area contributed by atoms with Gasteiger partial charge in [-0.2, -0.15) is 9.40 Å². The highest BCUT2D eigenvalue weighted by Crippen LogP contribution is 2.32. The number of halogens is 1. The van der Waals surface area contributed by atoms with Gasteiger partial charge in [0.1, 0.15) is 5.15 Å². The molecule has 8 nitrogen and oxygen atoms in total. The number of nitrogens with zero attached hydrogens (tertiary/aromatic N) is 4. The molecule has 180 valence electrons. The summed E-state index contributed by atoms with van der Waals surface area (Å²) >= 11 is 6.25. The van der Waals surface area contributed by atoms with Crippen LogP contribution in [0, 0.1) is 6.92 Å². The fourth-order valence-corrected chi connectivity index (χ4v) is 5.79. The molecule has 0 spiro atoms. The van der Waals surface area contributed by atoms with Crippen LogP contribution < -0.4 is 10.2 Å². The molecule has 1 amide bonds. The van der Waals surface area contributed by atoms with E-state index in [-0.39, 0.29) is 10.8 Å². The maximum atomic E-state index is 13.1. The summed E-state index contributed by atoms with van der Waals surface area (Å²) in [5, 5.41) is 7.58. The number of amides is 1. The van der Waals surface area contributed by atoms with E-state index < -0.39 is 10.0 Å². The van der Waals surface area contributed by atoms with Crippen LogP contribution in [0.1, 0.15) is 44.4 Å². The molecule has 0 radical (unpaired) electrons. The predicted molar refractivity (Wildman–Crippen MR) is 133 cm³/mol. The Balaban J connectivity index is 1.94. The lowest BCUT2D eigenvalue weighted by Gasteiger charge is -2.31. The summed E-state index contributed by atoms with van der Waals surface area (Å²) in [4.78, 5) is 15.2. The van der Waals surface area contributed by atoms with Crippen LogP contribution in [0.5, 0.6) is 0 Å². The van der Waals surface area contributed by atoms with Gasteiger partial charge in [0.15, 0.2) is 0 Å². The van der Waals surface area contributed by atoms with Crippen LogP contribution in [0.4, 0.5) is 11.4 Å². The zero-order chi connectivity index (χ0) is 24.2. The highest BCUT2D eigenvalue weighted by molar-refractivity contribution is 7.89. The van der Waals surface area contributed by atoms with Gasteiger partial charge in [-0.25, -0.2) is 8.42 Å². The molecule has 1 aromatic heterocycles. The number of aryl methyl sites for hydroxylation is 2. The van der Waals surface area contributed by atoms with Crippen LogP contribution in [-0.4, -0.2) is 54.6 Å². The number of carbonyl (C=O) groups is 1. The Hall–Kier alpha value is -2.36. The molecule has 1 saturated heterocycles. The molecule has 0 bridgehead atoms. The van der Waals surface area contributed by atoms with Gasteiger partial charge in [-0.1, -0.05) is 25.4 Å². The third kappa shape index (κ3) is 5.59. The predicted octanol–water partition coefficient (Wildman–Crippen LogP) is 4.05. The summed E-state index contributed by atoms with van der Waals surface area (Å²) in [6.07, 6.45) is 6.30. The number of piperidine rings is 1. The van der Waals surface area contributed by atoms with Gasteiger partial charge >= 0.3 is 0 Å². The Bertz CT molecular complexity index is 1130. The van der Waals surface area contributed by atoms with E-state index in [0.717, 1.165) is 31.6 Å². The number of benzene rings is 1. The molecule has 1 N–H and O–H groups in total. The number of aromatic nitrogens is 2. The van der Waals surface area contributed by atoms with Gasteiger partial charge in [-0.3, -0.25) is 9.48 Å². The second kappa shape index (κ2) is 10.7. The van der Waals surface area contributed by atoms with E-state index in [1.807, 2.05) is 20.8 Å². The van der Waals surface area contributed by atoms with Crippen molar-refractivity contribution >= 4 is 45.0 Å². The van der Waals surface area contributed by atoms with Crippen LogP contribution in [0.2, 0.25) is 5.15 Å². The number of nitrogens with one attached hydrogen (secondary N) is 1. The first kappa shape index (κ1) is 25.3. The lowest BCUT2D eigenvalue weighted by molar-refractivity contribution is -0.111. The second-order valence-corrected chi connectivity index (χ2v) is 10.3. The largest absolute Gasteiger partial charge is 0.370 e. The van der Waals surface area contributed by atoms with E-state index in [2.05, 4.69) is 15.3 Å². The maximum absolute atomic E-state index is 13.1. The van der Waals surface area contributed by atoms with Crippen molar-refractivity contribution in [3.05, 3.63) is 40.7 Å². The number of carbonyl (C=O) groups excluding carboxylic acids is 1. The van der Waals surface area contributed by atoms with Crippen molar-refractivity contribution in [3.63, 3.8) is 0 Å². The Morgan fingerprint density at radius 1 is 1.21 bits per heavy atom. The molecular formula is C23H32ClN5O3S. The van der Waals surface area contributed by atoms with Crippen LogP contribution in [0.25, 0.3) is 6.08 Å². The monoisotopic (exact) mass is 493 g/mol. The minimum Gasteiger partial charge on any atom is -0.370 e. The lowest BCUT2D eigenvalue weighted by Crippen LogP contribution is -2.32. The van der Waals surface area contributed by atoms with Gasteiger partial charge in [0, 0.05) is 44.9 Å². The highest BCUT2D eigenvalue weighted by Gasteiger charge is 2.24. The van der Waals surface area contributed by atoms with Crippen LogP contribution in [0.3, 0.4) is 0 Å². The number of anilines is 2. The second-order valence-electron chi connectivity index (χ2n) is 8.05. The molecule has 10 heteroatoms. The first-order valence-electron chi connectivity index (χ1n) is 11.3. The summed E-state index contributed by atoms with van der Waals surface area (Å²) in [5.41, 5.74) is 2.69. The Kier molecular flexibility index (Phi) is 8.20. The van der Waals surface area contributed by atoms with Gasteiger partial charge in [0.05, 0.1) is 22.0 Å². The topological polar surface area (TPSA) is 87.5 Å². The zero-order valence-corrected chi connectivity index (χ0v) is 21.2. The van der Waals surface area contributed by atoms with Crippen LogP contribution in [-0.2, 0) is 21.9 Å². The molecule has 33 heavy (non-hydrogen) atoms. The fourth-order valence-electron chi connectivity index (χ4n) is 4.07. The minimum atomic E-state index is -3.65. The van der Waals surface area contributed by atoms with Gasteiger partial charge < -0.3 is 10.2 Å². The Labute approximate surface area is 201 Å². The van der Waals surface area contributed by atoms with Crippen molar-refractivity contribution in [2.75, 3.05) is 36.4 Å². The molecule has 1 fully saturated rings. The fraction of sp³-hybridized carbons (Fsp3) is 0.478. The first-order chi connectivity index (χ1) is 15.7. The molecule has 0 saturated carbocycles. The smallest absolute Gasteiger partial charge is 0.248 e. The molecule has 1 aromatic carbocycles. The first-order valence-corrected chi connectivity index (χ1v) is 13.1. The third-order valence-electron chi connectivity index (χ3n) is 5.86. The normalized spacial score (nSPS) is 14.9. The van der Waals surface area contributed by atoms with Crippen molar-refractivity contribution in [2.45, 2.75) is 44.9 Å². The maximum Gasteiger partial charge on any atom is 0.248 e. The molecule has 0 aliphatic carbocycles. The average Bonchev–Trinajstić information content (AvgIpc) is 3.04. The zero-order valence-electron chi connectivity index (χ0n) is 19.6. The molecule has 0 unspecified atom stereocenters. The van der Waals surface area contributed by atoms with Gasteiger partial charge in [-0.05, 0) is 50.5 Å². The van der Waals surface area contributed by atoms with E-state index in [1.165, 1.54) is 16.8 Å². The average molecular weight is 494 g/mol. The molecule has 1 aliphatic heterocycles. The Morgan fingerprint density at radius 3 is 2.45 bits per heavy atom. The third-order valence-corrected chi connectivity index (χ3v) is 8.36. The standard InChI is InChI=1S/C23H32ClN5O3S/c1-5-29(6-2)33(31,32)18-10-12-21(28-14-8-7-9-15-28)20(16-18)25-22(30)13-11-19-17(3)26-27(4)23(19)24/h10-13,16H,5-9,14-15H2,1-4H3,(H,25,30)/b13-11+. The molecule has 2 heterocycles. The number of sulfonamides is 1. The lowest BCUT2D eigenvalue weighted by atomic mass is 10.1. The van der Waals surface area contributed by atoms with Crippen LogP contribution in [0.15, 0.2) is 29.2 Å². The number of hydrogen-bond donors (Lipinski definition) is 1. The van der Waals surface area contributed by atoms with Crippen molar-refractivity contribution < 1.29 is 13.2 Å².